The van der Waals surface area contributed by atoms with Crippen molar-refractivity contribution in [3.8, 4) is 33.4 Å². The van der Waals surface area contributed by atoms with Crippen LogP contribution in [0, 0.1) is 0 Å². The van der Waals surface area contributed by atoms with Gasteiger partial charge in [-0.1, -0.05) is 140 Å². The first-order chi connectivity index (χ1) is 25.3. The molecule has 2 heterocycles. The van der Waals surface area contributed by atoms with Crippen molar-refractivity contribution in [1.29, 1.82) is 0 Å². The Bertz CT molecular complexity index is 2840. The van der Waals surface area contributed by atoms with Crippen LogP contribution in [0.25, 0.3) is 73.7 Å². The Balaban J connectivity index is 1.12. The van der Waals surface area contributed by atoms with E-state index in [1.165, 1.54) is 73.7 Å². The van der Waals surface area contributed by atoms with Crippen LogP contribution >= 0.6 is 22.7 Å². The zero-order valence-electron chi connectivity index (χ0n) is 27.7. The van der Waals surface area contributed by atoms with Gasteiger partial charge in [0, 0.05) is 57.3 Å². The Kier molecular flexibility index (Phi) is 7.26. The lowest BCUT2D eigenvalue weighted by Crippen LogP contribution is -2.11. The summed E-state index contributed by atoms with van der Waals surface area (Å²) >= 11 is 3.74. The largest absolute Gasteiger partial charge is 0.310 e. The molecule has 0 saturated heterocycles. The molecule has 0 saturated carbocycles. The second-order valence-corrected chi connectivity index (χ2v) is 15.0. The SMILES string of the molecule is c1ccc(-c2ccc(-c3ccccc3N(c3ccc(-c4cccc5c4sc4ccccc45)cc3)c3ccc4sc5ccccc5c4c3)cc2)cc1. The maximum absolute atomic E-state index is 2.43. The highest BCUT2D eigenvalue weighted by Crippen LogP contribution is 2.45. The summed E-state index contributed by atoms with van der Waals surface area (Å²) in [5.74, 6) is 0. The lowest BCUT2D eigenvalue weighted by atomic mass is 9.98. The monoisotopic (exact) mass is 685 g/mol. The fourth-order valence-electron chi connectivity index (χ4n) is 7.43. The van der Waals surface area contributed by atoms with Crippen molar-refractivity contribution in [1.82, 2.24) is 0 Å². The molecule has 2 aromatic heterocycles. The van der Waals surface area contributed by atoms with E-state index < -0.39 is 0 Å². The van der Waals surface area contributed by atoms with Gasteiger partial charge < -0.3 is 4.90 Å². The van der Waals surface area contributed by atoms with Gasteiger partial charge in [-0.2, -0.15) is 0 Å². The smallest absolute Gasteiger partial charge is 0.0540 e. The number of anilines is 3. The Morgan fingerprint density at radius 3 is 1.65 bits per heavy atom. The lowest BCUT2D eigenvalue weighted by molar-refractivity contribution is 1.29. The van der Waals surface area contributed by atoms with Gasteiger partial charge in [0.1, 0.15) is 0 Å². The van der Waals surface area contributed by atoms with Gasteiger partial charge in [0.25, 0.3) is 0 Å². The number of nitrogens with zero attached hydrogens (tertiary/aromatic N) is 1. The Morgan fingerprint density at radius 1 is 0.314 bits per heavy atom. The molecular formula is C48H31NS2. The molecule has 8 aromatic carbocycles. The molecule has 0 amide bonds. The van der Waals surface area contributed by atoms with Gasteiger partial charge in [-0.05, 0) is 76.3 Å². The molecule has 0 spiro atoms. The van der Waals surface area contributed by atoms with E-state index in [1.54, 1.807) is 0 Å². The fraction of sp³-hybridized carbons (Fsp3) is 0. The van der Waals surface area contributed by atoms with Gasteiger partial charge in [0.05, 0.1) is 5.69 Å². The van der Waals surface area contributed by atoms with Gasteiger partial charge in [-0.3, -0.25) is 0 Å². The van der Waals surface area contributed by atoms with Gasteiger partial charge in [0.15, 0.2) is 0 Å². The van der Waals surface area contributed by atoms with Crippen molar-refractivity contribution < 1.29 is 0 Å². The summed E-state index contributed by atoms with van der Waals surface area (Å²) in [7, 11) is 0. The van der Waals surface area contributed by atoms with Crippen molar-refractivity contribution in [2.24, 2.45) is 0 Å². The Labute approximate surface area is 304 Å². The van der Waals surface area contributed by atoms with Crippen LogP contribution in [-0.2, 0) is 0 Å². The number of thiophene rings is 2. The molecule has 0 N–H and O–H groups in total. The Morgan fingerprint density at radius 2 is 0.843 bits per heavy atom. The molecule has 0 fully saturated rings. The van der Waals surface area contributed by atoms with Crippen LogP contribution in [0.5, 0.6) is 0 Å². The van der Waals surface area contributed by atoms with Crippen molar-refractivity contribution >= 4 is 80.1 Å². The van der Waals surface area contributed by atoms with E-state index in [4.69, 9.17) is 0 Å². The van der Waals surface area contributed by atoms with E-state index >= 15 is 0 Å². The molecule has 10 aromatic rings. The number of para-hydroxylation sites is 1. The zero-order chi connectivity index (χ0) is 33.7. The second kappa shape index (κ2) is 12.4. The summed E-state index contributed by atoms with van der Waals surface area (Å²) in [6.45, 7) is 0. The number of hydrogen-bond donors (Lipinski definition) is 0. The highest BCUT2D eigenvalue weighted by atomic mass is 32.1. The maximum Gasteiger partial charge on any atom is 0.0540 e. The summed E-state index contributed by atoms with van der Waals surface area (Å²) in [5.41, 5.74) is 10.7. The van der Waals surface area contributed by atoms with E-state index in [-0.39, 0.29) is 0 Å². The molecule has 10 rings (SSSR count). The fourth-order valence-corrected chi connectivity index (χ4v) is 9.76. The molecule has 240 valence electrons. The quantitative estimate of drug-likeness (QED) is 0.168. The predicted octanol–water partition coefficient (Wildman–Crippen LogP) is 14.9. The molecule has 0 unspecified atom stereocenters. The molecule has 3 heteroatoms. The van der Waals surface area contributed by atoms with Crippen LogP contribution in [-0.4, -0.2) is 0 Å². The summed E-state index contributed by atoms with van der Waals surface area (Å²) in [6.07, 6.45) is 0. The topological polar surface area (TPSA) is 3.24 Å². The third-order valence-electron chi connectivity index (χ3n) is 9.91. The zero-order valence-corrected chi connectivity index (χ0v) is 29.3. The third kappa shape index (κ3) is 5.21. The first-order valence-electron chi connectivity index (χ1n) is 17.3. The number of benzene rings is 8. The van der Waals surface area contributed by atoms with Crippen LogP contribution in [0.3, 0.4) is 0 Å². The normalized spacial score (nSPS) is 11.5. The van der Waals surface area contributed by atoms with Gasteiger partial charge in [0.2, 0.25) is 0 Å². The molecule has 0 radical (unpaired) electrons. The highest BCUT2D eigenvalue weighted by molar-refractivity contribution is 7.26. The van der Waals surface area contributed by atoms with E-state index in [0.29, 0.717) is 0 Å². The van der Waals surface area contributed by atoms with Gasteiger partial charge >= 0.3 is 0 Å². The lowest BCUT2D eigenvalue weighted by Gasteiger charge is -2.28. The van der Waals surface area contributed by atoms with Crippen LogP contribution in [0.1, 0.15) is 0 Å². The van der Waals surface area contributed by atoms with Crippen LogP contribution in [0.4, 0.5) is 17.1 Å². The van der Waals surface area contributed by atoms with E-state index in [2.05, 4.69) is 193 Å². The Hall–Kier alpha value is -6.00. The number of hydrogen-bond acceptors (Lipinski definition) is 3. The summed E-state index contributed by atoms with van der Waals surface area (Å²) in [4.78, 5) is 2.43. The minimum atomic E-state index is 1.12. The van der Waals surface area contributed by atoms with Crippen LogP contribution in [0.2, 0.25) is 0 Å². The molecule has 1 nitrogen and oxygen atoms in total. The standard InChI is InChI=1S/C48H31NS2/c1-2-11-32(12-3-1)33-21-23-34(24-22-33)38-13-4-7-18-44(38)49(37-29-30-47-43(31-37)41-15-6-8-19-45(41)50-47)36-27-25-35(26-28-36)39-16-10-17-42-40-14-5-9-20-46(40)51-48(39)42/h1-31H. The van der Waals surface area contributed by atoms with Crippen LogP contribution in [0.15, 0.2) is 188 Å². The highest BCUT2D eigenvalue weighted by Gasteiger charge is 2.19. The first kappa shape index (κ1) is 29.9. The van der Waals surface area contributed by atoms with Gasteiger partial charge in [-0.25, -0.2) is 0 Å². The summed E-state index contributed by atoms with van der Waals surface area (Å²) in [6, 6.07) is 68.6. The van der Waals surface area contributed by atoms with Crippen molar-refractivity contribution in [3.05, 3.63) is 188 Å². The molecule has 0 aliphatic heterocycles. The van der Waals surface area contributed by atoms with Crippen molar-refractivity contribution in [3.63, 3.8) is 0 Å². The van der Waals surface area contributed by atoms with E-state index in [1.807, 2.05) is 22.7 Å². The van der Waals surface area contributed by atoms with Crippen molar-refractivity contribution in [2.75, 3.05) is 4.90 Å². The molecular weight excluding hydrogens is 655 g/mol. The van der Waals surface area contributed by atoms with E-state index in [9.17, 15) is 0 Å². The molecule has 0 atom stereocenters. The predicted molar refractivity (Wildman–Crippen MR) is 223 cm³/mol. The number of rotatable bonds is 6. The second-order valence-electron chi connectivity index (χ2n) is 12.9. The minimum Gasteiger partial charge on any atom is -0.310 e. The van der Waals surface area contributed by atoms with E-state index in [0.717, 1.165) is 17.1 Å². The average molecular weight is 686 g/mol. The summed E-state index contributed by atoms with van der Waals surface area (Å²) < 4.78 is 5.28. The third-order valence-corrected chi connectivity index (χ3v) is 12.3. The first-order valence-corrected chi connectivity index (χ1v) is 18.9. The number of fused-ring (bicyclic) bond motifs is 6. The minimum absolute atomic E-state index is 1.12. The van der Waals surface area contributed by atoms with Crippen molar-refractivity contribution in [2.45, 2.75) is 0 Å². The maximum atomic E-state index is 2.43. The summed E-state index contributed by atoms with van der Waals surface area (Å²) in [5, 5.41) is 5.24. The van der Waals surface area contributed by atoms with Gasteiger partial charge in [-0.15, -0.1) is 22.7 Å². The molecule has 0 bridgehead atoms. The average Bonchev–Trinajstić information content (AvgIpc) is 3.77. The molecule has 51 heavy (non-hydrogen) atoms. The van der Waals surface area contributed by atoms with Crippen LogP contribution < -0.4 is 4.90 Å². The molecule has 0 aliphatic rings. The molecule has 0 aliphatic carbocycles.